The number of carboxylic acids is 1. The van der Waals surface area contributed by atoms with Gasteiger partial charge < -0.3 is 9.67 Å². The highest BCUT2D eigenvalue weighted by Crippen LogP contribution is 2.19. The van der Waals surface area contributed by atoms with Gasteiger partial charge in [0, 0.05) is 10.6 Å². The SMILES string of the molecule is Cc1ccc2sc(=NC(=O)c3cccc(Cl)c3)n(CC(=O)O)c2c1. The molecule has 0 radical (unpaired) electrons. The van der Waals surface area contributed by atoms with E-state index < -0.39 is 11.9 Å². The molecule has 0 aliphatic heterocycles. The van der Waals surface area contributed by atoms with E-state index in [-0.39, 0.29) is 6.54 Å². The standard InChI is InChI=1S/C17H13ClN2O3S/c1-10-5-6-14-13(7-10)20(9-15(21)22)17(24-14)19-16(23)11-3-2-4-12(18)8-11/h2-8H,9H2,1H3,(H,21,22). The molecule has 1 heterocycles. The van der Waals surface area contributed by atoms with E-state index in [1.54, 1.807) is 18.2 Å². The van der Waals surface area contributed by atoms with E-state index in [0.717, 1.165) is 15.8 Å². The lowest BCUT2D eigenvalue weighted by atomic mass is 10.2. The molecule has 7 heteroatoms. The zero-order chi connectivity index (χ0) is 17.3. The Balaban J connectivity index is 2.17. The molecule has 24 heavy (non-hydrogen) atoms. The van der Waals surface area contributed by atoms with E-state index in [1.807, 2.05) is 25.1 Å². The van der Waals surface area contributed by atoms with Crippen molar-refractivity contribution in [2.45, 2.75) is 13.5 Å². The molecule has 0 bridgehead atoms. The van der Waals surface area contributed by atoms with Gasteiger partial charge in [0.2, 0.25) is 0 Å². The summed E-state index contributed by atoms with van der Waals surface area (Å²) in [5, 5.41) is 9.61. The Morgan fingerprint density at radius 3 is 2.75 bits per heavy atom. The molecule has 5 nitrogen and oxygen atoms in total. The number of hydrogen-bond acceptors (Lipinski definition) is 3. The molecule has 1 amide bonds. The van der Waals surface area contributed by atoms with Crippen molar-refractivity contribution in [3.63, 3.8) is 0 Å². The Morgan fingerprint density at radius 1 is 1.25 bits per heavy atom. The lowest BCUT2D eigenvalue weighted by Gasteiger charge is -2.02. The summed E-state index contributed by atoms with van der Waals surface area (Å²) >= 11 is 7.18. The normalized spacial score (nSPS) is 11.8. The number of nitrogens with zero attached hydrogens (tertiary/aromatic N) is 2. The second kappa shape index (κ2) is 6.59. The Morgan fingerprint density at radius 2 is 2.04 bits per heavy atom. The van der Waals surface area contributed by atoms with E-state index in [0.29, 0.717) is 15.4 Å². The van der Waals surface area contributed by atoms with E-state index in [4.69, 9.17) is 16.7 Å². The second-order valence-electron chi connectivity index (χ2n) is 5.26. The third-order valence-electron chi connectivity index (χ3n) is 3.40. The van der Waals surface area contributed by atoms with Crippen LogP contribution in [0.15, 0.2) is 47.5 Å². The lowest BCUT2D eigenvalue weighted by molar-refractivity contribution is -0.137. The summed E-state index contributed by atoms with van der Waals surface area (Å²) < 4.78 is 2.41. The zero-order valence-electron chi connectivity index (χ0n) is 12.7. The maximum Gasteiger partial charge on any atom is 0.323 e. The molecule has 3 rings (SSSR count). The molecule has 0 aliphatic rings. The molecule has 0 atom stereocenters. The molecule has 1 N–H and O–H groups in total. The minimum absolute atomic E-state index is 0.259. The first-order chi connectivity index (χ1) is 11.4. The Labute approximate surface area is 146 Å². The van der Waals surface area contributed by atoms with E-state index in [2.05, 4.69) is 4.99 Å². The minimum atomic E-state index is -0.993. The fraction of sp³-hybridized carbons (Fsp3) is 0.118. The molecule has 0 saturated heterocycles. The molecule has 1 aromatic heterocycles. The number of hydrogen-bond donors (Lipinski definition) is 1. The summed E-state index contributed by atoms with van der Waals surface area (Å²) in [6.07, 6.45) is 0. The van der Waals surface area contributed by atoms with Crippen LogP contribution in [0, 0.1) is 6.92 Å². The summed E-state index contributed by atoms with van der Waals surface area (Å²) in [6.45, 7) is 1.67. The maximum absolute atomic E-state index is 12.4. The highest BCUT2D eigenvalue weighted by atomic mass is 35.5. The average molecular weight is 361 g/mol. The van der Waals surface area contributed by atoms with Crippen molar-refractivity contribution >= 4 is 45.0 Å². The average Bonchev–Trinajstić information content (AvgIpc) is 2.84. The monoisotopic (exact) mass is 360 g/mol. The Hall–Kier alpha value is -2.44. The molecule has 122 valence electrons. The van der Waals surface area contributed by atoms with Gasteiger partial charge in [-0.1, -0.05) is 35.1 Å². The third-order valence-corrected chi connectivity index (χ3v) is 4.69. The highest BCUT2D eigenvalue weighted by Gasteiger charge is 2.12. The number of thiazole rings is 1. The van der Waals surface area contributed by atoms with Gasteiger partial charge in [0.1, 0.15) is 6.54 Å². The van der Waals surface area contributed by atoms with Crippen LogP contribution in [-0.4, -0.2) is 21.6 Å². The summed E-state index contributed by atoms with van der Waals surface area (Å²) in [6, 6.07) is 12.2. The molecule has 0 fully saturated rings. The number of aryl methyl sites for hydroxylation is 1. The largest absolute Gasteiger partial charge is 0.480 e. The first-order valence-corrected chi connectivity index (χ1v) is 8.30. The number of halogens is 1. The molecular weight excluding hydrogens is 348 g/mol. The van der Waals surface area contributed by atoms with Gasteiger partial charge >= 0.3 is 5.97 Å². The lowest BCUT2D eigenvalue weighted by Crippen LogP contribution is -2.21. The molecule has 0 aliphatic carbocycles. The van der Waals surface area contributed by atoms with Crippen molar-refractivity contribution in [1.82, 2.24) is 4.57 Å². The van der Waals surface area contributed by atoms with Crippen molar-refractivity contribution in [1.29, 1.82) is 0 Å². The number of fused-ring (bicyclic) bond motifs is 1. The van der Waals surface area contributed by atoms with Crippen molar-refractivity contribution in [2.75, 3.05) is 0 Å². The van der Waals surface area contributed by atoms with E-state index >= 15 is 0 Å². The van der Waals surface area contributed by atoms with Gasteiger partial charge in [0.15, 0.2) is 4.80 Å². The van der Waals surface area contributed by atoms with Crippen LogP contribution in [0.5, 0.6) is 0 Å². The smallest absolute Gasteiger partial charge is 0.323 e. The van der Waals surface area contributed by atoms with Crippen LogP contribution in [0.25, 0.3) is 10.2 Å². The van der Waals surface area contributed by atoms with Gasteiger partial charge in [-0.2, -0.15) is 4.99 Å². The van der Waals surface area contributed by atoms with Crippen LogP contribution in [-0.2, 0) is 11.3 Å². The van der Waals surface area contributed by atoms with Gasteiger partial charge in [-0.25, -0.2) is 0 Å². The number of aromatic nitrogens is 1. The quantitative estimate of drug-likeness (QED) is 0.777. The number of aliphatic carboxylic acids is 1. The zero-order valence-corrected chi connectivity index (χ0v) is 14.3. The van der Waals surface area contributed by atoms with Gasteiger partial charge in [-0.05, 0) is 42.8 Å². The third kappa shape index (κ3) is 3.39. The van der Waals surface area contributed by atoms with Gasteiger partial charge in [0.25, 0.3) is 5.91 Å². The maximum atomic E-state index is 12.4. The van der Waals surface area contributed by atoms with Crippen molar-refractivity contribution in [2.24, 2.45) is 4.99 Å². The predicted octanol–water partition coefficient (Wildman–Crippen LogP) is 3.49. The van der Waals surface area contributed by atoms with Crippen molar-refractivity contribution < 1.29 is 14.7 Å². The first kappa shape index (κ1) is 16.4. The molecular formula is C17H13ClN2O3S. The highest BCUT2D eigenvalue weighted by molar-refractivity contribution is 7.16. The number of carbonyl (C=O) groups excluding carboxylic acids is 1. The van der Waals surface area contributed by atoms with E-state index in [9.17, 15) is 9.59 Å². The van der Waals surface area contributed by atoms with Crippen molar-refractivity contribution in [3.05, 3.63) is 63.4 Å². The van der Waals surface area contributed by atoms with Gasteiger partial charge in [0.05, 0.1) is 10.2 Å². The van der Waals surface area contributed by atoms with Gasteiger partial charge in [-0.3, -0.25) is 9.59 Å². The van der Waals surface area contributed by atoms with Crippen molar-refractivity contribution in [3.8, 4) is 0 Å². The molecule has 3 aromatic rings. The Kier molecular flexibility index (Phi) is 4.51. The van der Waals surface area contributed by atoms with Crippen LogP contribution >= 0.6 is 22.9 Å². The number of benzene rings is 2. The second-order valence-corrected chi connectivity index (χ2v) is 6.71. The summed E-state index contributed by atoms with van der Waals surface area (Å²) in [5.41, 5.74) is 2.12. The number of amides is 1. The summed E-state index contributed by atoms with van der Waals surface area (Å²) in [4.78, 5) is 28.0. The molecule has 0 spiro atoms. The van der Waals surface area contributed by atoms with Crippen LogP contribution in [0.4, 0.5) is 0 Å². The number of carboxylic acid groups (broad SMARTS) is 1. The summed E-state index contributed by atoms with van der Waals surface area (Å²) in [5.74, 6) is -1.45. The Bertz CT molecular complexity index is 1020. The number of carbonyl (C=O) groups is 2. The van der Waals surface area contributed by atoms with E-state index in [1.165, 1.54) is 22.0 Å². The van der Waals surface area contributed by atoms with Crippen LogP contribution in [0.2, 0.25) is 5.02 Å². The fourth-order valence-corrected chi connectivity index (χ4v) is 3.52. The van der Waals surface area contributed by atoms with Crippen LogP contribution in [0.3, 0.4) is 0 Å². The summed E-state index contributed by atoms with van der Waals surface area (Å²) in [7, 11) is 0. The molecule has 0 unspecified atom stereocenters. The topological polar surface area (TPSA) is 71.7 Å². The molecule has 0 saturated carbocycles. The van der Waals surface area contributed by atoms with Gasteiger partial charge in [-0.15, -0.1) is 0 Å². The minimum Gasteiger partial charge on any atom is -0.480 e. The van der Waals surface area contributed by atoms with Crippen LogP contribution in [0.1, 0.15) is 15.9 Å². The predicted molar refractivity (Wildman–Crippen MR) is 93.5 cm³/mol. The van der Waals surface area contributed by atoms with Crippen LogP contribution < -0.4 is 4.80 Å². The number of rotatable bonds is 3. The molecule has 2 aromatic carbocycles. The fourth-order valence-electron chi connectivity index (χ4n) is 2.33. The first-order valence-electron chi connectivity index (χ1n) is 7.10.